The van der Waals surface area contributed by atoms with Crippen LogP contribution in [0.3, 0.4) is 0 Å². The zero-order valence-electron chi connectivity index (χ0n) is 10.1. The zero-order chi connectivity index (χ0) is 11.6. The van der Waals surface area contributed by atoms with Gasteiger partial charge in [0.1, 0.15) is 11.0 Å². The third-order valence-corrected chi connectivity index (χ3v) is 3.03. The third kappa shape index (κ3) is 2.69. The van der Waals surface area contributed by atoms with Crippen molar-refractivity contribution in [2.24, 2.45) is 0 Å². The van der Waals surface area contributed by atoms with Gasteiger partial charge in [0.05, 0.1) is 0 Å². The molecule has 0 N–H and O–H groups in total. The Morgan fingerprint density at radius 2 is 1.80 bits per heavy atom. The predicted octanol–water partition coefficient (Wildman–Crippen LogP) is 4.08. The first-order valence-electron chi connectivity index (χ1n) is 5.51. The van der Waals surface area contributed by atoms with Crippen molar-refractivity contribution >= 4 is 11.6 Å². The molecule has 1 unspecified atom stereocenters. The van der Waals surface area contributed by atoms with E-state index in [9.17, 15) is 0 Å². The summed E-state index contributed by atoms with van der Waals surface area (Å²) >= 11 is 6.18. The Labute approximate surface area is 97.1 Å². The number of aryl methyl sites for hydroxylation is 1. The van der Waals surface area contributed by atoms with Gasteiger partial charge in [-0.2, -0.15) is 0 Å². The van der Waals surface area contributed by atoms with Gasteiger partial charge in [0.25, 0.3) is 0 Å². The standard InChI is InChI=1S/C12H19ClN2/c1-6-8(4)12-14-9(5)10(7(2)3)11(13)15-12/h7-8H,6H2,1-5H3. The molecule has 15 heavy (non-hydrogen) atoms. The first kappa shape index (κ1) is 12.4. The highest BCUT2D eigenvalue weighted by Crippen LogP contribution is 2.27. The Kier molecular flexibility index (Phi) is 4.09. The van der Waals surface area contributed by atoms with E-state index < -0.39 is 0 Å². The number of hydrogen-bond acceptors (Lipinski definition) is 2. The van der Waals surface area contributed by atoms with Crippen molar-refractivity contribution in [1.29, 1.82) is 0 Å². The third-order valence-electron chi connectivity index (χ3n) is 2.74. The molecule has 0 radical (unpaired) electrons. The number of rotatable bonds is 3. The zero-order valence-corrected chi connectivity index (χ0v) is 10.9. The summed E-state index contributed by atoms with van der Waals surface area (Å²) in [5, 5.41) is 0.618. The molecule has 2 nitrogen and oxygen atoms in total. The quantitative estimate of drug-likeness (QED) is 0.726. The number of halogens is 1. The molecule has 0 fully saturated rings. The molecule has 0 amide bonds. The van der Waals surface area contributed by atoms with E-state index >= 15 is 0 Å². The van der Waals surface area contributed by atoms with Gasteiger partial charge in [-0.1, -0.05) is 39.3 Å². The van der Waals surface area contributed by atoms with Crippen LogP contribution in [0.25, 0.3) is 0 Å². The van der Waals surface area contributed by atoms with E-state index in [1.165, 1.54) is 0 Å². The molecule has 0 aliphatic carbocycles. The van der Waals surface area contributed by atoms with Crippen molar-refractivity contribution in [3.63, 3.8) is 0 Å². The summed E-state index contributed by atoms with van der Waals surface area (Å²) in [6.07, 6.45) is 1.04. The molecule has 84 valence electrons. The Bertz CT molecular complexity index is 324. The number of nitrogens with zero attached hydrogens (tertiary/aromatic N) is 2. The van der Waals surface area contributed by atoms with E-state index in [4.69, 9.17) is 11.6 Å². The molecule has 0 saturated carbocycles. The lowest BCUT2D eigenvalue weighted by molar-refractivity contribution is 0.667. The second-order valence-electron chi connectivity index (χ2n) is 4.34. The first-order chi connectivity index (χ1) is 6.97. The van der Waals surface area contributed by atoms with Crippen LogP contribution in [0.5, 0.6) is 0 Å². The van der Waals surface area contributed by atoms with Crippen LogP contribution in [0.2, 0.25) is 5.15 Å². The summed E-state index contributed by atoms with van der Waals surface area (Å²) in [5.74, 6) is 1.62. The van der Waals surface area contributed by atoms with Gasteiger partial charge >= 0.3 is 0 Å². The number of aromatic nitrogens is 2. The average Bonchev–Trinajstić information content (AvgIpc) is 2.14. The molecular weight excluding hydrogens is 208 g/mol. The van der Waals surface area contributed by atoms with Crippen molar-refractivity contribution in [2.75, 3.05) is 0 Å². The largest absolute Gasteiger partial charge is 0.238 e. The average molecular weight is 227 g/mol. The fourth-order valence-corrected chi connectivity index (χ4v) is 2.07. The summed E-state index contributed by atoms with van der Waals surface area (Å²) in [5.41, 5.74) is 2.09. The second-order valence-corrected chi connectivity index (χ2v) is 4.69. The van der Waals surface area contributed by atoms with Gasteiger partial charge in [-0.25, -0.2) is 9.97 Å². The molecule has 1 aromatic heterocycles. The topological polar surface area (TPSA) is 25.8 Å². The lowest BCUT2D eigenvalue weighted by Gasteiger charge is -2.14. The maximum atomic E-state index is 6.18. The van der Waals surface area contributed by atoms with Crippen LogP contribution in [0.1, 0.15) is 63.0 Å². The predicted molar refractivity (Wildman–Crippen MR) is 64.6 cm³/mol. The fourth-order valence-electron chi connectivity index (χ4n) is 1.63. The molecule has 0 aliphatic rings. The molecule has 0 bridgehead atoms. The molecule has 0 aliphatic heterocycles. The summed E-state index contributed by atoms with van der Waals surface area (Å²) in [7, 11) is 0. The van der Waals surface area contributed by atoms with Gasteiger partial charge in [0, 0.05) is 17.2 Å². The van der Waals surface area contributed by atoms with Crippen LogP contribution >= 0.6 is 11.6 Å². The lowest BCUT2D eigenvalue weighted by Crippen LogP contribution is -2.06. The van der Waals surface area contributed by atoms with Gasteiger partial charge in [-0.15, -0.1) is 0 Å². The van der Waals surface area contributed by atoms with Gasteiger partial charge in [0.2, 0.25) is 0 Å². The first-order valence-corrected chi connectivity index (χ1v) is 5.89. The summed E-state index contributed by atoms with van der Waals surface area (Å²) < 4.78 is 0. The monoisotopic (exact) mass is 226 g/mol. The molecule has 1 rings (SSSR count). The van der Waals surface area contributed by atoms with Crippen molar-refractivity contribution in [1.82, 2.24) is 9.97 Å². The molecule has 3 heteroatoms. The lowest BCUT2D eigenvalue weighted by atomic mass is 10.0. The second kappa shape index (κ2) is 4.93. The molecule has 0 aromatic carbocycles. The van der Waals surface area contributed by atoms with Gasteiger partial charge in [0.15, 0.2) is 0 Å². The van der Waals surface area contributed by atoms with Crippen LogP contribution in [-0.4, -0.2) is 9.97 Å². The van der Waals surface area contributed by atoms with E-state index in [2.05, 4.69) is 37.7 Å². The van der Waals surface area contributed by atoms with Crippen LogP contribution in [0, 0.1) is 6.92 Å². The van der Waals surface area contributed by atoms with Crippen LogP contribution in [0.4, 0.5) is 0 Å². The van der Waals surface area contributed by atoms with E-state index in [1.807, 2.05) is 6.92 Å². The van der Waals surface area contributed by atoms with Gasteiger partial charge in [-0.3, -0.25) is 0 Å². The van der Waals surface area contributed by atoms with Crippen molar-refractivity contribution in [3.8, 4) is 0 Å². The van der Waals surface area contributed by atoms with Gasteiger partial charge in [-0.05, 0) is 19.3 Å². The summed E-state index contributed by atoms with van der Waals surface area (Å²) in [4.78, 5) is 8.91. The van der Waals surface area contributed by atoms with Crippen LogP contribution < -0.4 is 0 Å². The minimum atomic E-state index is 0.377. The molecule has 1 atom stereocenters. The minimum absolute atomic E-state index is 0.377. The normalized spacial score (nSPS) is 13.3. The smallest absolute Gasteiger partial charge is 0.136 e. The SMILES string of the molecule is CCC(C)c1nc(C)c(C(C)C)c(Cl)n1. The maximum Gasteiger partial charge on any atom is 0.136 e. The maximum absolute atomic E-state index is 6.18. The molecule has 0 saturated heterocycles. The minimum Gasteiger partial charge on any atom is -0.238 e. The summed E-state index contributed by atoms with van der Waals surface area (Å²) in [6.45, 7) is 10.5. The Balaban J connectivity index is 3.19. The van der Waals surface area contributed by atoms with E-state index in [1.54, 1.807) is 0 Å². The van der Waals surface area contributed by atoms with E-state index in [0.717, 1.165) is 23.5 Å². The molecule has 1 heterocycles. The molecular formula is C12H19ClN2. The van der Waals surface area contributed by atoms with Crippen molar-refractivity contribution in [3.05, 3.63) is 22.2 Å². The molecule has 0 spiro atoms. The molecule has 1 aromatic rings. The highest BCUT2D eigenvalue weighted by Gasteiger charge is 2.15. The van der Waals surface area contributed by atoms with E-state index in [0.29, 0.717) is 17.0 Å². The summed E-state index contributed by atoms with van der Waals surface area (Å²) in [6, 6.07) is 0. The number of hydrogen-bond donors (Lipinski definition) is 0. The Morgan fingerprint density at radius 1 is 1.20 bits per heavy atom. The Hall–Kier alpha value is -0.630. The van der Waals surface area contributed by atoms with E-state index in [-0.39, 0.29) is 0 Å². The van der Waals surface area contributed by atoms with Crippen molar-refractivity contribution < 1.29 is 0 Å². The fraction of sp³-hybridized carbons (Fsp3) is 0.667. The highest BCUT2D eigenvalue weighted by atomic mass is 35.5. The Morgan fingerprint density at radius 3 is 2.20 bits per heavy atom. The van der Waals surface area contributed by atoms with Crippen LogP contribution in [0.15, 0.2) is 0 Å². The van der Waals surface area contributed by atoms with Crippen LogP contribution in [-0.2, 0) is 0 Å². The highest BCUT2D eigenvalue weighted by molar-refractivity contribution is 6.30. The van der Waals surface area contributed by atoms with Gasteiger partial charge < -0.3 is 0 Å². The van der Waals surface area contributed by atoms with Crippen molar-refractivity contribution in [2.45, 2.75) is 52.9 Å².